The Labute approximate surface area is 268 Å². The average molecular weight is 611 g/mol. The van der Waals surface area contributed by atoms with E-state index < -0.39 is 0 Å². The number of para-hydroxylation sites is 2. The van der Waals surface area contributed by atoms with Crippen LogP contribution in [0.2, 0.25) is 0 Å². The lowest BCUT2D eigenvalue weighted by Crippen LogP contribution is -2.34. The molecule has 230 valence electrons. The predicted molar refractivity (Wildman–Crippen MR) is 179 cm³/mol. The standard InChI is InChI=1S/C38H34N4O4/c1-3-7-35-27(5-1)19-41(25-43-35)33-13-15-37-29(17-33)21-39(23-45-37)31-9-11-32(12-10-31)40-22-30-18-34(14-16-38(30)46-24-40)42-20-28-6-2-4-8-36(28)44-26-42/h1-18H,19-26H2. The second kappa shape index (κ2) is 11.1. The number of anilines is 4. The van der Waals surface area contributed by atoms with Gasteiger partial charge in [0.1, 0.15) is 23.0 Å². The van der Waals surface area contributed by atoms with Crippen molar-refractivity contribution in [1.29, 1.82) is 0 Å². The zero-order valence-electron chi connectivity index (χ0n) is 25.5. The van der Waals surface area contributed by atoms with Crippen LogP contribution in [0.15, 0.2) is 109 Å². The highest BCUT2D eigenvalue weighted by Gasteiger charge is 2.24. The van der Waals surface area contributed by atoms with Crippen LogP contribution in [0.1, 0.15) is 22.3 Å². The summed E-state index contributed by atoms with van der Waals surface area (Å²) in [6, 6.07) is 38.1. The third-order valence-electron chi connectivity index (χ3n) is 9.29. The molecular weight excluding hydrogens is 576 g/mol. The average Bonchev–Trinajstić information content (AvgIpc) is 3.13. The number of nitrogens with zero attached hydrogens (tertiary/aromatic N) is 4. The smallest absolute Gasteiger partial charge is 0.161 e. The molecule has 0 aromatic heterocycles. The maximum Gasteiger partial charge on any atom is 0.161 e. The van der Waals surface area contributed by atoms with Crippen LogP contribution in [-0.2, 0) is 26.2 Å². The van der Waals surface area contributed by atoms with E-state index in [0.29, 0.717) is 26.9 Å². The van der Waals surface area contributed by atoms with E-state index >= 15 is 0 Å². The van der Waals surface area contributed by atoms with Crippen LogP contribution in [0.25, 0.3) is 0 Å². The molecule has 8 nitrogen and oxygen atoms in total. The summed E-state index contributed by atoms with van der Waals surface area (Å²) in [5, 5.41) is 0. The summed E-state index contributed by atoms with van der Waals surface area (Å²) < 4.78 is 24.4. The Morgan fingerprint density at radius 2 is 0.652 bits per heavy atom. The van der Waals surface area contributed by atoms with Crippen LogP contribution < -0.4 is 38.5 Å². The first-order valence-electron chi connectivity index (χ1n) is 15.8. The molecule has 0 aliphatic carbocycles. The van der Waals surface area contributed by atoms with Gasteiger partial charge >= 0.3 is 0 Å². The number of fused-ring (bicyclic) bond motifs is 4. The normalized spacial score (nSPS) is 16.5. The van der Waals surface area contributed by atoms with Gasteiger partial charge in [0.2, 0.25) is 0 Å². The minimum Gasteiger partial charge on any atom is -0.473 e. The first kappa shape index (κ1) is 26.9. The lowest BCUT2D eigenvalue weighted by Gasteiger charge is -2.35. The zero-order valence-corrected chi connectivity index (χ0v) is 25.5. The monoisotopic (exact) mass is 610 g/mol. The molecule has 4 aliphatic heterocycles. The molecule has 0 bridgehead atoms. The van der Waals surface area contributed by atoms with Gasteiger partial charge in [0.15, 0.2) is 26.9 Å². The van der Waals surface area contributed by atoms with Crippen molar-refractivity contribution in [3.05, 3.63) is 131 Å². The Morgan fingerprint density at radius 1 is 0.326 bits per heavy atom. The molecule has 0 unspecified atom stereocenters. The topological polar surface area (TPSA) is 49.9 Å². The molecule has 0 amide bonds. The zero-order chi connectivity index (χ0) is 30.5. The van der Waals surface area contributed by atoms with Crippen molar-refractivity contribution in [2.24, 2.45) is 0 Å². The van der Waals surface area contributed by atoms with Crippen molar-refractivity contribution in [3.8, 4) is 23.0 Å². The Bertz CT molecular complexity index is 1770. The first-order chi connectivity index (χ1) is 22.7. The second-order valence-corrected chi connectivity index (χ2v) is 12.2. The second-order valence-electron chi connectivity index (χ2n) is 12.2. The molecule has 8 heteroatoms. The predicted octanol–water partition coefficient (Wildman–Crippen LogP) is 7.11. The molecule has 0 fully saturated rings. The molecule has 0 spiro atoms. The summed E-state index contributed by atoms with van der Waals surface area (Å²) in [4.78, 5) is 9.06. The van der Waals surface area contributed by atoms with Crippen molar-refractivity contribution >= 4 is 22.7 Å². The van der Waals surface area contributed by atoms with Crippen molar-refractivity contribution in [3.63, 3.8) is 0 Å². The first-order valence-corrected chi connectivity index (χ1v) is 15.8. The van der Waals surface area contributed by atoms with Crippen LogP contribution in [-0.4, -0.2) is 26.9 Å². The molecule has 0 atom stereocenters. The molecule has 4 aliphatic rings. The SMILES string of the molecule is c1ccc2c(c1)CN(c1ccc3c(c1)CN(c1ccc(N4COc5ccc(N6COc7ccccc7C6)cc5C4)cc1)CO3)CO2. The van der Waals surface area contributed by atoms with Gasteiger partial charge in [-0.1, -0.05) is 36.4 Å². The fraction of sp³-hybridized carbons (Fsp3) is 0.211. The largest absolute Gasteiger partial charge is 0.473 e. The summed E-state index contributed by atoms with van der Waals surface area (Å²) in [7, 11) is 0. The van der Waals surface area contributed by atoms with E-state index in [4.69, 9.17) is 18.9 Å². The van der Waals surface area contributed by atoms with Gasteiger partial charge in [-0.2, -0.15) is 0 Å². The van der Waals surface area contributed by atoms with Crippen molar-refractivity contribution in [2.45, 2.75) is 26.2 Å². The fourth-order valence-corrected chi connectivity index (χ4v) is 6.74. The lowest BCUT2D eigenvalue weighted by atomic mass is 10.1. The molecule has 5 aromatic rings. The molecule has 0 N–H and O–H groups in total. The van der Waals surface area contributed by atoms with Gasteiger partial charge in [-0.3, -0.25) is 0 Å². The van der Waals surface area contributed by atoms with E-state index in [1.54, 1.807) is 0 Å². The number of rotatable bonds is 4. The van der Waals surface area contributed by atoms with Crippen LogP contribution >= 0.6 is 0 Å². The van der Waals surface area contributed by atoms with E-state index in [-0.39, 0.29) is 0 Å². The number of ether oxygens (including phenoxy) is 4. The van der Waals surface area contributed by atoms with Gasteiger partial charge in [0, 0.05) is 71.2 Å². The number of hydrogen-bond acceptors (Lipinski definition) is 8. The summed E-state index contributed by atoms with van der Waals surface area (Å²) in [6.07, 6.45) is 0. The van der Waals surface area contributed by atoms with E-state index in [2.05, 4.69) is 105 Å². The molecule has 4 heterocycles. The fourth-order valence-electron chi connectivity index (χ4n) is 6.74. The molecule has 0 saturated carbocycles. The van der Waals surface area contributed by atoms with Gasteiger partial charge in [0.05, 0.1) is 0 Å². The van der Waals surface area contributed by atoms with Gasteiger partial charge in [-0.25, -0.2) is 0 Å². The van der Waals surface area contributed by atoms with Gasteiger partial charge in [0.25, 0.3) is 0 Å². The van der Waals surface area contributed by atoms with E-state index in [1.165, 1.54) is 22.3 Å². The molecular formula is C38H34N4O4. The van der Waals surface area contributed by atoms with Crippen LogP contribution in [0.5, 0.6) is 23.0 Å². The number of benzene rings is 5. The molecule has 0 radical (unpaired) electrons. The van der Waals surface area contributed by atoms with E-state index in [9.17, 15) is 0 Å². The number of hydrogen-bond donors (Lipinski definition) is 0. The maximum absolute atomic E-state index is 6.19. The quantitative estimate of drug-likeness (QED) is 0.213. The maximum atomic E-state index is 6.19. The Morgan fingerprint density at radius 3 is 1.09 bits per heavy atom. The van der Waals surface area contributed by atoms with Gasteiger partial charge in [-0.05, 0) is 72.8 Å². The minimum absolute atomic E-state index is 0.513. The van der Waals surface area contributed by atoms with E-state index in [1.807, 2.05) is 24.3 Å². The Hall–Kier alpha value is -5.50. The van der Waals surface area contributed by atoms with Crippen LogP contribution in [0.4, 0.5) is 22.7 Å². The van der Waals surface area contributed by atoms with Crippen LogP contribution in [0, 0.1) is 0 Å². The van der Waals surface area contributed by atoms with Crippen molar-refractivity contribution in [2.75, 3.05) is 46.5 Å². The highest BCUT2D eigenvalue weighted by Crippen LogP contribution is 2.37. The summed E-state index contributed by atoms with van der Waals surface area (Å²) in [5.74, 6) is 3.83. The Kier molecular flexibility index (Phi) is 6.51. The lowest BCUT2D eigenvalue weighted by molar-refractivity contribution is 0.285. The van der Waals surface area contributed by atoms with Crippen molar-refractivity contribution < 1.29 is 18.9 Å². The summed E-state index contributed by atoms with van der Waals surface area (Å²) in [5.41, 5.74) is 9.28. The van der Waals surface area contributed by atoms with Crippen LogP contribution in [0.3, 0.4) is 0 Å². The molecule has 9 rings (SSSR count). The third-order valence-corrected chi connectivity index (χ3v) is 9.29. The molecule has 5 aromatic carbocycles. The Balaban J connectivity index is 0.877. The van der Waals surface area contributed by atoms with Gasteiger partial charge in [-0.15, -0.1) is 0 Å². The molecule has 0 saturated heterocycles. The highest BCUT2D eigenvalue weighted by molar-refractivity contribution is 5.62. The third kappa shape index (κ3) is 4.96. The minimum atomic E-state index is 0.513. The summed E-state index contributed by atoms with van der Waals surface area (Å²) >= 11 is 0. The van der Waals surface area contributed by atoms with E-state index in [0.717, 1.165) is 71.9 Å². The van der Waals surface area contributed by atoms with Crippen molar-refractivity contribution in [1.82, 2.24) is 0 Å². The summed E-state index contributed by atoms with van der Waals surface area (Å²) in [6.45, 7) is 5.31. The molecule has 46 heavy (non-hydrogen) atoms. The van der Waals surface area contributed by atoms with Gasteiger partial charge < -0.3 is 38.5 Å². The highest BCUT2D eigenvalue weighted by atomic mass is 16.5.